The maximum atomic E-state index is 12.7. The second-order valence-electron chi connectivity index (χ2n) is 6.47. The van der Waals surface area contributed by atoms with Gasteiger partial charge in [0.15, 0.2) is 0 Å². The number of benzene rings is 2. The third-order valence-electron chi connectivity index (χ3n) is 4.55. The minimum Gasteiger partial charge on any atom is -0.349 e. The summed E-state index contributed by atoms with van der Waals surface area (Å²) in [6.45, 7) is 2.78. The summed E-state index contributed by atoms with van der Waals surface area (Å²) in [4.78, 5) is 12.6. The van der Waals surface area contributed by atoms with Gasteiger partial charge in [0.25, 0.3) is 5.91 Å². The molecule has 1 amide bonds. The molecule has 26 heavy (non-hydrogen) atoms. The molecule has 0 radical (unpaired) electrons. The number of nitrogens with zero attached hydrogens (tertiary/aromatic N) is 1. The van der Waals surface area contributed by atoms with Crippen LogP contribution in [0.15, 0.2) is 57.9 Å². The molecule has 1 aliphatic rings. The van der Waals surface area contributed by atoms with Gasteiger partial charge in [-0.15, -0.1) is 0 Å². The highest BCUT2D eigenvalue weighted by Crippen LogP contribution is 2.22. The molecule has 0 spiro atoms. The highest BCUT2D eigenvalue weighted by Gasteiger charge is 2.30. The molecule has 2 aromatic carbocycles. The van der Waals surface area contributed by atoms with Crippen LogP contribution in [-0.4, -0.2) is 37.8 Å². The van der Waals surface area contributed by atoms with Crippen LogP contribution in [0.3, 0.4) is 0 Å². The summed E-state index contributed by atoms with van der Waals surface area (Å²) in [6, 6.07) is 14.1. The summed E-state index contributed by atoms with van der Waals surface area (Å²) in [6.07, 6.45) is 1.21. The van der Waals surface area contributed by atoms with Crippen molar-refractivity contribution in [3.63, 3.8) is 0 Å². The Morgan fingerprint density at radius 1 is 1.04 bits per heavy atom. The van der Waals surface area contributed by atoms with Crippen LogP contribution >= 0.6 is 15.9 Å². The zero-order valence-electron chi connectivity index (χ0n) is 14.5. The van der Waals surface area contributed by atoms with Crippen LogP contribution in [0.4, 0.5) is 0 Å². The Bertz CT molecular complexity index is 872. The summed E-state index contributed by atoms with van der Waals surface area (Å²) >= 11 is 3.31. The van der Waals surface area contributed by atoms with Gasteiger partial charge in [-0.05, 0) is 56.2 Å². The van der Waals surface area contributed by atoms with Crippen LogP contribution in [0.1, 0.15) is 28.8 Å². The quantitative estimate of drug-likeness (QED) is 0.798. The average molecular weight is 437 g/mol. The van der Waals surface area contributed by atoms with Gasteiger partial charge in [-0.25, -0.2) is 8.42 Å². The summed E-state index contributed by atoms with van der Waals surface area (Å²) in [5.74, 6) is -0.112. The van der Waals surface area contributed by atoms with Gasteiger partial charge >= 0.3 is 0 Å². The highest BCUT2D eigenvalue weighted by molar-refractivity contribution is 9.10. The van der Waals surface area contributed by atoms with Crippen molar-refractivity contribution in [1.29, 1.82) is 0 Å². The Balaban J connectivity index is 1.59. The highest BCUT2D eigenvalue weighted by atomic mass is 79.9. The zero-order valence-corrected chi connectivity index (χ0v) is 16.9. The molecule has 0 aromatic heterocycles. The van der Waals surface area contributed by atoms with E-state index in [1.54, 1.807) is 36.4 Å². The normalized spacial score (nSPS) is 16.4. The minimum atomic E-state index is -3.49. The van der Waals surface area contributed by atoms with Crippen LogP contribution in [-0.2, 0) is 10.0 Å². The van der Waals surface area contributed by atoms with Gasteiger partial charge in [0, 0.05) is 29.2 Å². The molecule has 1 N–H and O–H groups in total. The molecule has 1 heterocycles. The second-order valence-corrected chi connectivity index (χ2v) is 9.33. The number of carbonyl (C=O) groups excluding carboxylic acids is 1. The summed E-state index contributed by atoms with van der Waals surface area (Å²) < 4.78 is 27.7. The fraction of sp³-hybridized carbons (Fsp3) is 0.316. The third kappa shape index (κ3) is 4.34. The Kier molecular flexibility index (Phi) is 5.79. The van der Waals surface area contributed by atoms with E-state index < -0.39 is 10.0 Å². The van der Waals surface area contributed by atoms with E-state index in [4.69, 9.17) is 0 Å². The topological polar surface area (TPSA) is 66.5 Å². The number of piperidine rings is 1. The van der Waals surface area contributed by atoms with Crippen molar-refractivity contribution >= 4 is 31.9 Å². The summed E-state index contributed by atoms with van der Waals surface area (Å²) in [7, 11) is -3.49. The molecule has 0 saturated carbocycles. The molecule has 5 nitrogen and oxygen atoms in total. The first-order valence-electron chi connectivity index (χ1n) is 8.49. The van der Waals surface area contributed by atoms with Crippen molar-refractivity contribution in [3.05, 3.63) is 64.1 Å². The van der Waals surface area contributed by atoms with E-state index in [-0.39, 0.29) is 11.9 Å². The Morgan fingerprint density at radius 2 is 1.62 bits per heavy atom. The number of rotatable bonds is 4. The molecule has 0 aliphatic carbocycles. The zero-order chi connectivity index (χ0) is 18.7. The summed E-state index contributed by atoms with van der Waals surface area (Å²) in [5.41, 5.74) is 1.73. The molecule has 2 aromatic rings. The predicted molar refractivity (Wildman–Crippen MR) is 105 cm³/mol. The van der Waals surface area contributed by atoms with E-state index in [1.165, 1.54) is 4.31 Å². The van der Waals surface area contributed by atoms with Gasteiger partial charge in [-0.3, -0.25) is 4.79 Å². The SMILES string of the molecule is Cc1ccc(C(=O)NC2CCN(S(=O)(=O)c3ccc(Br)cc3)CC2)cc1. The Labute approximate surface area is 162 Å². The first kappa shape index (κ1) is 19.1. The lowest BCUT2D eigenvalue weighted by atomic mass is 10.1. The molecule has 3 rings (SSSR count). The molecular weight excluding hydrogens is 416 g/mol. The van der Waals surface area contributed by atoms with Gasteiger partial charge < -0.3 is 5.32 Å². The van der Waals surface area contributed by atoms with Crippen molar-refractivity contribution in [3.8, 4) is 0 Å². The molecule has 0 unspecified atom stereocenters. The average Bonchev–Trinajstić information content (AvgIpc) is 2.63. The van der Waals surface area contributed by atoms with Crippen molar-refractivity contribution in [2.45, 2.75) is 30.7 Å². The Morgan fingerprint density at radius 3 is 2.19 bits per heavy atom. The fourth-order valence-corrected chi connectivity index (χ4v) is 4.70. The Hall–Kier alpha value is -1.70. The van der Waals surface area contributed by atoms with E-state index in [2.05, 4.69) is 21.2 Å². The fourth-order valence-electron chi connectivity index (χ4n) is 2.97. The maximum absolute atomic E-state index is 12.7. The van der Waals surface area contributed by atoms with Gasteiger partial charge in [0.05, 0.1) is 4.90 Å². The van der Waals surface area contributed by atoms with E-state index >= 15 is 0 Å². The lowest BCUT2D eigenvalue weighted by Gasteiger charge is -2.31. The number of sulfonamides is 1. The number of hydrogen-bond acceptors (Lipinski definition) is 3. The van der Waals surface area contributed by atoms with Crippen LogP contribution in [0, 0.1) is 6.92 Å². The molecular formula is C19H21BrN2O3S. The van der Waals surface area contributed by atoms with E-state index in [0.29, 0.717) is 36.4 Å². The molecule has 0 bridgehead atoms. The van der Waals surface area contributed by atoms with E-state index in [1.807, 2.05) is 19.1 Å². The number of aryl methyl sites for hydroxylation is 1. The number of halogens is 1. The molecule has 1 saturated heterocycles. The second kappa shape index (κ2) is 7.90. The number of hydrogen-bond donors (Lipinski definition) is 1. The molecule has 7 heteroatoms. The van der Waals surface area contributed by atoms with E-state index in [9.17, 15) is 13.2 Å². The van der Waals surface area contributed by atoms with Gasteiger partial charge in [0.1, 0.15) is 0 Å². The standard InChI is InChI=1S/C19H21BrN2O3S/c1-14-2-4-15(5-3-14)19(23)21-17-10-12-22(13-11-17)26(24,25)18-8-6-16(20)7-9-18/h2-9,17H,10-13H2,1H3,(H,21,23). The van der Waals surface area contributed by atoms with Crippen LogP contribution in [0.2, 0.25) is 0 Å². The first-order valence-corrected chi connectivity index (χ1v) is 10.7. The van der Waals surface area contributed by atoms with Crippen molar-refractivity contribution in [2.75, 3.05) is 13.1 Å². The van der Waals surface area contributed by atoms with Gasteiger partial charge in [-0.1, -0.05) is 33.6 Å². The number of nitrogens with one attached hydrogen (secondary N) is 1. The smallest absolute Gasteiger partial charge is 0.251 e. The molecule has 1 aliphatic heterocycles. The van der Waals surface area contributed by atoms with E-state index in [0.717, 1.165) is 10.0 Å². The molecule has 0 atom stereocenters. The van der Waals surface area contributed by atoms with Crippen LogP contribution < -0.4 is 5.32 Å². The lowest BCUT2D eigenvalue weighted by molar-refractivity contribution is 0.0924. The maximum Gasteiger partial charge on any atom is 0.251 e. The third-order valence-corrected chi connectivity index (χ3v) is 7.00. The van der Waals surface area contributed by atoms with Crippen molar-refractivity contribution < 1.29 is 13.2 Å². The summed E-state index contributed by atoms with van der Waals surface area (Å²) in [5, 5.41) is 3.01. The van der Waals surface area contributed by atoms with Gasteiger partial charge in [0.2, 0.25) is 10.0 Å². The van der Waals surface area contributed by atoms with Crippen molar-refractivity contribution in [1.82, 2.24) is 9.62 Å². The largest absolute Gasteiger partial charge is 0.349 e. The number of amides is 1. The predicted octanol–water partition coefficient (Wildman–Crippen LogP) is 3.34. The monoisotopic (exact) mass is 436 g/mol. The molecule has 138 valence electrons. The van der Waals surface area contributed by atoms with Gasteiger partial charge in [-0.2, -0.15) is 4.31 Å². The molecule has 1 fully saturated rings. The number of carbonyl (C=O) groups is 1. The lowest BCUT2D eigenvalue weighted by Crippen LogP contribution is -2.46. The van der Waals surface area contributed by atoms with Crippen LogP contribution in [0.25, 0.3) is 0 Å². The minimum absolute atomic E-state index is 0.0137. The first-order chi connectivity index (χ1) is 12.4. The van der Waals surface area contributed by atoms with Crippen LogP contribution in [0.5, 0.6) is 0 Å². The van der Waals surface area contributed by atoms with Crippen molar-refractivity contribution in [2.24, 2.45) is 0 Å².